The van der Waals surface area contributed by atoms with Crippen molar-refractivity contribution in [3.63, 3.8) is 0 Å². The Bertz CT molecular complexity index is 301. The molecule has 2 nitrogen and oxygen atoms in total. The largest absolute Gasteiger partial charge is 0.328 e. The summed E-state index contributed by atoms with van der Waals surface area (Å²) >= 11 is 0. The van der Waals surface area contributed by atoms with Gasteiger partial charge in [0.15, 0.2) is 0 Å². The first-order chi connectivity index (χ1) is 6.25. The Labute approximate surface area is 77.0 Å². The number of pyridine rings is 1. The Morgan fingerprint density at radius 1 is 1.38 bits per heavy atom. The molecule has 0 bridgehead atoms. The van der Waals surface area contributed by atoms with Crippen LogP contribution in [0.1, 0.15) is 30.9 Å². The zero-order valence-electron chi connectivity index (χ0n) is 7.41. The second-order valence-electron chi connectivity index (χ2n) is 3.66. The lowest BCUT2D eigenvalue weighted by Crippen LogP contribution is -2.14. The molecule has 0 spiro atoms. The molecule has 1 aliphatic rings. The summed E-state index contributed by atoms with van der Waals surface area (Å²) < 4.78 is 12.8. The van der Waals surface area contributed by atoms with Crippen LogP contribution in [0.2, 0.25) is 0 Å². The molecule has 2 unspecified atom stereocenters. The maximum atomic E-state index is 12.8. The number of aromatic nitrogens is 1. The van der Waals surface area contributed by atoms with Crippen LogP contribution < -0.4 is 5.73 Å². The molecule has 1 heterocycles. The molecule has 13 heavy (non-hydrogen) atoms. The number of hydrogen-bond acceptors (Lipinski definition) is 2. The van der Waals surface area contributed by atoms with Crippen LogP contribution in [-0.2, 0) is 0 Å². The number of rotatable bonds is 1. The summed E-state index contributed by atoms with van der Waals surface area (Å²) in [6, 6.07) is 5.24. The summed E-state index contributed by atoms with van der Waals surface area (Å²) in [5.41, 5.74) is 6.63. The molecule has 1 aromatic rings. The van der Waals surface area contributed by atoms with E-state index in [4.69, 9.17) is 5.73 Å². The first-order valence-corrected chi connectivity index (χ1v) is 4.64. The predicted octanol–water partition coefficient (Wildman–Crippen LogP) is 1.82. The van der Waals surface area contributed by atoms with Crippen molar-refractivity contribution >= 4 is 0 Å². The molecule has 2 rings (SSSR count). The van der Waals surface area contributed by atoms with E-state index in [2.05, 4.69) is 4.98 Å². The molecule has 1 aliphatic carbocycles. The van der Waals surface area contributed by atoms with Crippen LogP contribution in [0.4, 0.5) is 4.39 Å². The Hall–Kier alpha value is -0.960. The van der Waals surface area contributed by atoms with Crippen LogP contribution in [0.5, 0.6) is 0 Å². The molecular formula is C10H13FN2. The third-order valence-electron chi connectivity index (χ3n) is 2.63. The van der Waals surface area contributed by atoms with Gasteiger partial charge in [-0.05, 0) is 31.4 Å². The molecule has 70 valence electrons. The van der Waals surface area contributed by atoms with Crippen molar-refractivity contribution < 1.29 is 4.39 Å². The van der Waals surface area contributed by atoms with Gasteiger partial charge in [0.2, 0.25) is 5.95 Å². The second kappa shape index (κ2) is 3.42. The third kappa shape index (κ3) is 1.86. The third-order valence-corrected chi connectivity index (χ3v) is 2.63. The molecule has 0 radical (unpaired) electrons. The van der Waals surface area contributed by atoms with Gasteiger partial charge in [0, 0.05) is 17.7 Å². The van der Waals surface area contributed by atoms with Crippen LogP contribution in [0, 0.1) is 5.95 Å². The van der Waals surface area contributed by atoms with Crippen LogP contribution >= 0.6 is 0 Å². The SMILES string of the molecule is NC1CCC(c2cccc(F)n2)C1. The van der Waals surface area contributed by atoms with Crippen molar-refractivity contribution in [3.05, 3.63) is 29.8 Å². The molecule has 1 fully saturated rings. The van der Waals surface area contributed by atoms with Crippen molar-refractivity contribution in [2.45, 2.75) is 31.2 Å². The van der Waals surface area contributed by atoms with Gasteiger partial charge in [-0.2, -0.15) is 4.39 Å². The van der Waals surface area contributed by atoms with Crippen LogP contribution in [0.25, 0.3) is 0 Å². The van der Waals surface area contributed by atoms with E-state index in [1.54, 1.807) is 6.07 Å². The van der Waals surface area contributed by atoms with Crippen molar-refractivity contribution in [1.29, 1.82) is 0 Å². The fourth-order valence-corrected chi connectivity index (χ4v) is 1.94. The van der Waals surface area contributed by atoms with Gasteiger partial charge in [0.1, 0.15) is 0 Å². The Morgan fingerprint density at radius 3 is 2.85 bits per heavy atom. The monoisotopic (exact) mass is 180 g/mol. The molecule has 3 heteroatoms. The van der Waals surface area contributed by atoms with Crippen LogP contribution in [0.15, 0.2) is 18.2 Å². The maximum absolute atomic E-state index is 12.8. The first kappa shape index (κ1) is 8.63. The molecule has 2 N–H and O–H groups in total. The lowest BCUT2D eigenvalue weighted by molar-refractivity contribution is 0.561. The highest BCUT2D eigenvalue weighted by molar-refractivity contribution is 5.12. The van der Waals surface area contributed by atoms with Gasteiger partial charge >= 0.3 is 0 Å². The maximum Gasteiger partial charge on any atom is 0.213 e. The molecule has 0 saturated heterocycles. The molecule has 1 saturated carbocycles. The summed E-state index contributed by atoms with van der Waals surface area (Å²) in [4.78, 5) is 3.87. The summed E-state index contributed by atoms with van der Waals surface area (Å²) in [5, 5.41) is 0. The second-order valence-corrected chi connectivity index (χ2v) is 3.66. The lowest BCUT2D eigenvalue weighted by Gasteiger charge is -2.07. The highest BCUT2D eigenvalue weighted by atomic mass is 19.1. The van der Waals surface area contributed by atoms with Gasteiger partial charge in [-0.3, -0.25) is 0 Å². The van der Waals surface area contributed by atoms with Gasteiger partial charge in [-0.1, -0.05) is 6.07 Å². The normalized spacial score (nSPS) is 27.8. The number of nitrogens with two attached hydrogens (primary N) is 1. The number of nitrogens with zero attached hydrogens (tertiary/aromatic N) is 1. The Kier molecular flexibility index (Phi) is 2.27. The number of halogens is 1. The highest BCUT2D eigenvalue weighted by Crippen LogP contribution is 2.32. The first-order valence-electron chi connectivity index (χ1n) is 4.64. The summed E-state index contributed by atoms with van der Waals surface area (Å²) in [6.07, 6.45) is 3.01. The highest BCUT2D eigenvalue weighted by Gasteiger charge is 2.24. The fraction of sp³-hybridized carbons (Fsp3) is 0.500. The summed E-state index contributed by atoms with van der Waals surface area (Å²) in [7, 11) is 0. The van der Waals surface area contributed by atoms with Gasteiger partial charge in [-0.25, -0.2) is 4.98 Å². The molecule has 0 amide bonds. The van der Waals surface area contributed by atoms with E-state index in [9.17, 15) is 4.39 Å². The molecule has 0 aromatic carbocycles. The average molecular weight is 180 g/mol. The zero-order valence-corrected chi connectivity index (χ0v) is 7.41. The van der Waals surface area contributed by atoms with Gasteiger partial charge in [-0.15, -0.1) is 0 Å². The van der Waals surface area contributed by atoms with Crippen LogP contribution in [-0.4, -0.2) is 11.0 Å². The molecule has 0 aliphatic heterocycles. The van der Waals surface area contributed by atoms with E-state index in [0.29, 0.717) is 5.92 Å². The van der Waals surface area contributed by atoms with Crippen molar-refractivity contribution in [1.82, 2.24) is 4.98 Å². The molecular weight excluding hydrogens is 167 g/mol. The smallest absolute Gasteiger partial charge is 0.213 e. The molecule has 2 atom stereocenters. The van der Waals surface area contributed by atoms with E-state index in [-0.39, 0.29) is 6.04 Å². The van der Waals surface area contributed by atoms with E-state index in [1.165, 1.54) is 6.07 Å². The fourth-order valence-electron chi connectivity index (χ4n) is 1.94. The summed E-state index contributed by atoms with van der Waals surface area (Å²) in [5.74, 6) is -0.0244. The minimum Gasteiger partial charge on any atom is -0.328 e. The quantitative estimate of drug-likeness (QED) is 0.669. The standard InChI is InChI=1S/C10H13FN2/c11-10-3-1-2-9(13-10)7-4-5-8(12)6-7/h1-3,7-8H,4-6,12H2. The van der Waals surface area contributed by atoms with Gasteiger partial charge in [0.05, 0.1) is 0 Å². The topological polar surface area (TPSA) is 38.9 Å². The minimum atomic E-state index is -0.391. The van der Waals surface area contributed by atoms with Crippen molar-refractivity contribution in [2.75, 3.05) is 0 Å². The lowest BCUT2D eigenvalue weighted by atomic mass is 10.0. The van der Waals surface area contributed by atoms with E-state index in [1.807, 2.05) is 6.07 Å². The van der Waals surface area contributed by atoms with E-state index in [0.717, 1.165) is 25.0 Å². The van der Waals surface area contributed by atoms with Crippen LogP contribution in [0.3, 0.4) is 0 Å². The predicted molar refractivity (Wildman–Crippen MR) is 48.8 cm³/mol. The Balaban J connectivity index is 2.16. The van der Waals surface area contributed by atoms with E-state index < -0.39 is 5.95 Å². The van der Waals surface area contributed by atoms with Crippen molar-refractivity contribution in [3.8, 4) is 0 Å². The zero-order chi connectivity index (χ0) is 9.26. The average Bonchev–Trinajstić information content (AvgIpc) is 2.52. The van der Waals surface area contributed by atoms with E-state index >= 15 is 0 Å². The molecule has 1 aromatic heterocycles. The van der Waals surface area contributed by atoms with Gasteiger partial charge < -0.3 is 5.73 Å². The Morgan fingerprint density at radius 2 is 2.23 bits per heavy atom. The number of hydrogen-bond donors (Lipinski definition) is 1. The summed E-state index contributed by atoms with van der Waals surface area (Å²) in [6.45, 7) is 0. The minimum absolute atomic E-state index is 0.273. The van der Waals surface area contributed by atoms with Crippen molar-refractivity contribution in [2.24, 2.45) is 5.73 Å². The van der Waals surface area contributed by atoms with Gasteiger partial charge in [0.25, 0.3) is 0 Å².